The Morgan fingerprint density at radius 3 is 2.56 bits per heavy atom. The third-order valence-corrected chi connectivity index (χ3v) is 7.20. The molecule has 0 spiro atoms. The zero-order chi connectivity index (χ0) is 25.0. The summed E-state index contributed by atoms with van der Waals surface area (Å²) >= 11 is 1.27. The number of halogens is 1. The second-order valence-corrected chi connectivity index (χ2v) is 9.56. The Bertz CT molecular complexity index is 1580. The number of ether oxygens (including phenoxy) is 2. The molecule has 2 aliphatic heterocycles. The number of nitrogens with zero attached hydrogens (tertiary/aromatic N) is 2. The maximum atomic E-state index is 13.8. The monoisotopic (exact) mass is 502 g/mol. The number of benzene rings is 3. The summed E-state index contributed by atoms with van der Waals surface area (Å²) in [6.45, 7) is 2.72. The van der Waals surface area contributed by atoms with Crippen molar-refractivity contribution in [1.82, 2.24) is 4.98 Å². The number of ketones is 1. The molecule has 0 saturated carbocycles. The van der Waals surface area contributed by atoms with Crippen LogP contribution in [0.4, 0.5) is 9.52 Å². The number of anilines is 1. The van der Waals surface area contributed by atoms with Crippen LogP contribution in [0.5, 0.6) is 11.5 Å². The normalized spacial score (nSPS) is 18.7. The van der Waals surface area contributed by atoms with Crippen LogP contribution in [0.1, 0.15) is 22.7 Å². The lowest BCUT2D eigenvalue weighted by atomic mass is 9.95. The van der Waals surface area contributed by atoms with Crippen molar-refractivity contribution in [3.05, 3.63) is 88.7 Å². The molecule has 1 atom stereocenters. The van der Waals surface area contributed by atoms with Gasteiger partial charge in [-0.25, -0.2) is 9.37 Å². The van der Waals surface area contributed by atoms with E-state index >= 15 is 0 Å². The van der Waals surface area contributed by atoms with Gasteiger partial charge < -0.3 is 14.6 Å². The van der Waals surface area contributed by atoms with Crippen LogP contribution in [0.2, 0.25) is 0 Å². The minimum absolute atomic E-state index is 0.112. The van der Waals surface area contributed by atoms with Crippen molar-refractivity contribution >= 4 is 44.1 Å². The summed E-state index contributed by atoms with van der Waals surface area (Å²) in [5, 5.41) is 11.6. The molecule has 6 rings (SSSR count). The van der Waals surface area contributed by atoms with Gasteiger partial charge in [-0.15, -0.1) is 0 Å². The van der Waals surface area contributed by atoms with Gasteiger partial charge in [0.05, 0.1) is 21.8 Å². The van der Waals surface area contributed by atoms with E-state index in [-0.39, 0.29) is 11.3 Å². The number of carbonyl (C=O) groups is 2. The molecule has 4 aromatic rings. The van der Waals surface area contributed by atoms with Gasteiger partial charge in [0.15, 0.2) is 16.6 Å². The first-order valence-electron chi connectivity index (χ1n) is 11.2. The lowest BCUT2D eigenvalue weighted by Gasteiger charge is -2.23. The standard InChI is InChI=1S/C27H19FN2O5S/c1-14-2-8-18-21(12-14)36-27(29-18)30-23(15-3-6-17(28)7-4-15)22(25(32)26(30)33)24(31)16-5-9-19-20(13-16)35-11-10-34-19/h2-9,12-13,23,31H,10-11H2,1H3/b24-22+. The summed E-state index contributed by atoms with van der Waals surface area (Å²) in [5.74, 6) is -1.54. The van der Waals surface area contributed by atoms with Gasteiger partial charge in [0, 0.05) is 5.56 Å². The van der Waals surface area contributed by atoms with E-state index in [4.69, 9.17) is 9.47 Å². The molecule has 1 aromatic heterocycles. The first kappa shape index (κ1) is 22.2. The van der Waals surface area contributed by atoms with Gasteiger partial charge in [0.25, 0.3) is 5.78 Å². The molecular formula is C27H19FN2O5S. The topological polar surface area (TPSA) is 89.0 Å². The molecule has 0 radical (unpaired) electrons. The summed E-state index contributed by atoms with van der Waals surface area (Å²) in [6, 6.07) is 15.0. The summed E-state index contributed by atoms with van der Waals surface area (Å²) in [7, 11) is 0. The lowest BCUT2D eigenvalue weighted by Crippen LogP contribution is -2.29. The molecular weight excluding hydrogens is 483 g/mol. The van der Waals surface area contributed by atoms with E-state index < -0.39 is 23.5 Å². The Morgan fingerprint density at radius 2 is 1.78 bits per heavy atom. The third kappa shape index (κ3) is 3.59. The second-order valence-electron chi connectivity index (χ2n) is 8.55. The number of fused-ring (bicyclic) bond motifs is 2. The molecule has 2 aliphatic rings. The van der Waals surface area contributed by atoms with Crippen molar-refractivity contribution in [2.45, 2.75) is 13.0 Å². The van der Waals surface area contributed by atoms with E-state index in [2.05, 4.69) is 4.98 Å². The van der Waals surface area contributed by atoms with Crippen LogP contribution in [0.3, 0.4) is 0 Å². The molecule has 1 saturated heterocycles. The number of aromatic nitrogens is 1. The van der Waals surface area contributed by atoms with E-state index in [1.807, 2.05) is 25.1 Å². The van der Waals surface area contributed by atoms with Crippen molar-refractivity contribution < 1.29 is 28.6 Å². The van der Waals surface area contributed by atoms with Crippen LogP contribution in [-0.2, 0) is 9.59 Å². The highest BCUT2D eigenvalue weighted by Gasteiger charge is 2.48. The average Bonchev–Trinajstić information content (AvgIpc) is 3.41. The number of rotatable bonds is 3. The summed E-state index contributed by atoms with van der Waals surface area (Å²) in [6.07, 6.45) is 0. The molecule has 1 fully saturated rings. The number of hydrogen-bond acceptors (Lipinski definition) is 7. The SMILES string of the molecule is Cc1ccc2nc(N3C(=O)C(=O)/C(=C(/O)c4ccc5c(c4)OCCO5)C3c3ccc(F)cc3)sc2c1. The molecule has 3 heterocycles. The first-order chi connectivity index (χ1) is 17.4. The number of amides is 1. The number of thiazole rings is 1. The quantitative estimate of drug-likeness (QED) is 0.237. The lowest BCUT2D eigenvalue weighted by molar-refractivity contribution is -0.132. The van der Waals surface area contributed by atoms with Crippen LogP contribution < -0.4 is 14.4 Å². The Labute approximate surface area is 209 Å². The Kier molecular flexibility index (Phi) is 5.22. The predicted octanol–water partition coefficient (Wildman–Crippen LogP) is 5.14. The van der Waals surface area contributed by atoms with Crippen molar-refractivity contribution in [2.24, 2.45) is 0 Å². The smallest absolute Gasteiger partial charge is 0.301 e. The van der Waals surface area contributed by atoms with Crippen LogP contribution in [-0.4, -0.2) is 35.0 Å². The van der Waals surface area contributed by atoms with Gasteiger partial charge in [-0.1, -0.05) is 29.5 Å². The van der Waals surface area contributed by atoms with Gasteiger partial charge in [0.2, 0.25) is 0 Å². The number of aliphatic hydroxyl groups excluding tert-OH is 1. The fourth-order valence-corrected chi connectivity index (χ4v) is 5.55. The second kappa shape index (κ2) is 8.46. The van der Waals surface area contributed by atoms with Gasteiger partial charge in [-0.2, -0.15) is 0 Å². The Hall–Kier alpha value is -4.24. The van der Waals surface area contributed by atoms with E-state index in [0.717, 1.165) is 10.3 Å². The van der Waals surface area contributed by atoms with Crippen molar-refractivity contribution in [3.63, 3.8) is 0 Å². The van der Waals surface area contributed by atoms with Crippen LogP contribution >= 0.6 is 11.3 Å². The van der Waals surface area contributed by atoms with Crippen molar-refractivity contribution in [3.8, 4) is 11.5 Å². The first-order valence-corrected chi connectivity index (χ1v) is 12.1. The number of hydrogen-bond donors (Lipinski definition) is 1. The molecule has 0 bridgehead atoms. The summed E-state index contributed by atoms with van der Waals surface area (Å²) in [5.41, 5.74) is 2.37. The third-order valence-electron chi connectivity index (χ3n) is 6.18. The maximum absolute atomic E-state index is 13.8. The molecule has 1 amide bonds. The molecule has 0 aliphatic carbocycles. The summed E-state index contributed by atoms with van der Waals surface area (Å²) < 4.78 is 25.8. The van der Waals surface area contributed by atoms with Gasteiger partial charge in [-0.05, 0) is 60.5 Å². The molecule has 1 unspecified atom stereocenters. The highest BCUT2D eigenvalue weighted by Crippen LogP contribution is 2.45. The summed E-state index contributed by atoms with van der Waals surface area (Å²) in [4.78, 5) is 32.6. The van der Waals surface area contributed by atoms with E-state index in [1.165, 1.54) is 40.5 Å². The fourth-order valence-electron chi connectivity index (χ4n) is 4.46. The largest absolute Gasteiger partial charge is 0.507 e. The fraction of sp³-hybridized carbons (Fsp3) is 0.148. The zero-order valence-corrected chi connectivity index (χ0v) is 19.8. The molecule has 3 aromatic carbocycles. The van der Waals surface area contributed by atoms with Crippen LogP contribution in [0.15, 0.2) is 66.2 Å². The molecule has 1 N–H and O–H groups in total. The number of Topliss-reactive ketones (excluding diaryl/α,β-unsaturated/α-hetero) is 1. The molecule has 9 heteroatoms. The van der Waals surface area contributed by atoms with E-state index in [9.17, 15) is 19.1 Å². The Balaban J connectivity index is 1.54. The maximum Gasteiger partial charge on any atom is 0.301 e. The minimum Gasteiger partial charge on any atom is -0.507 e. The molecule has 36 heavy (non-hydrogen) atoms. The highest BCUT2D eigenvalue weighted by atomic mass is 32.1. The highest BCUT2D eigenvalue weighted by molar-refractivity contribution is 7.22. The van der Waals surface area contributed by atoms with Gasteiger partial charge in [0.1, 0.15) is 24.8 Å². The molecule has 180 valence electrons. The number of aliphatic hydroxyl groups is 1. The van der Waals surface area contributed by atoms with Crippen LogP contribution in [0, 0.1) is 12.7 Å². The predicted molar refractivity (Wildman–Crippen MR) is 133 cm³/mol. The van der Waals surface area contributed by atoms with E-state index in [0.29, 0.717) is 46.5 Å². The van der Waals surface area contributed by atoms with E-state index in [1.54, 1.807) is 18.2 Å². The average molecular weight is 503 g/mol. The van der Waals surface area contributed by atoms with Gasteiger partial charge in [-0.3, -0.25) is 14.5 Å². The zero-order valence-electron chi connectivity index (χ0n) is 19.0. The van der Waals surface area contributed by atoms with Crippen molar-refractivity contribution in [1.29, 1.82) is 0 Å². The molecule has 7 nitrogen and oxygen atoms in total. The number of aryl methyl sites for hydroxylation is 1. The minimum atomic E-state index is -1.000. The Morgan fingerprint density at radius 1 is 1.03 bits per heavy atom. The van der Waals surface area contributed by atoms with Crippen molar-refractivity contribution in [2.75, 3.05) is 18.1 Å². The number of carbonyl (C=O) groups excluding carboxylic acids is 2. The van der Waals surface area contributed by atoms with Crippen LogP contribution in [0.25, 0.3) is 16.0 Å². The van der Waals surface area contributed by atoms with Gasteiger partial charge >= 0.3 is 5.91 Å².